The first-order chi connectivity index (χ1) is 16.6. The monoisotopic (exact) mass is 458 g/mol. The van der Waals surface area contributed by atoms with E-state index < -0.39 is 0 Å². The van der Waals surface area contributed by atoms with Gasteiger partial charge in [0, 0.05) is 29.9 Å². The van der Waals surface area contributed by atoms with Crippen LogP contribution in [0.5, 0.6) is 5.75 Å². The molecular formula is C27H30N4O3. The van der Waals surface area contributed by atoms with Crippen molar-refractivity contribution in [1.82, 2.24) is 14.4 Å². The maximum atomic E-state index is 8.36. The zero-order chi connectivity index (χ0) is 23.9. The van der Waals surface area contributed by atoms with Crippen LogP contribution in [0.2, 0.25) is 0 Å². The zero-order valence-electron chi connectivity index (χ0n) is 19.5. The number of fused-ring (bicyclic) bond motifs is 1. The molecule has 2 N–H and O–H groups in total. The maximum absolute atomic E-state index is 8.36. The van der Waals surface area contributed by atoms with E-state index in [-0.39, 0.29) is 12.5 Å². The molecule has 2 aromatic carbocycles. The summed E-state index contributed by atoms with van der Waals surface area (Å²) in [6.45, 7) is 4.56. The highest BCUT2D eigenvalue weighted by atomic mass is 16.5. The summed E-state index contributed by atoms with van der Waals surface area (Å²) in [6.07, 6.45) is 7.59. The topological polar surface area (TPSA) is 88.8 Å². The summed E-state index contributed by atoms with van der Waals surface area (Å²) in [4.78, 5) is 18.1. The van der Waals surface area contributed by atoms with Gasteiger partial charge >= 0.3 is 0 Å². The molecule has 2 heterocycles. The largest absolute Gasteiger partial charge is 0.489 e. The predicted octanol–water partition coefficient (Wildman–Crippen LogP) is 5.76. The first-order valence-electron chi connectivity index (χ1n) is 11.6. The molecule has 7 nitrogen and oxygen atoms in total. The molecule has 0 aliphatic heterocycles. The number of ether oxygens (including phenoxy) is 1. The maximum Gasteiger partial charge on any atom is 0.290 e. The predicted molar refractivity (Wildman–Crippen MR) is 133 cm³/mol. The van der Waals surface area contributed by atoms with E-state index in [9.17, 15) is 0 Å². The van der Waals surface area contributed by atoms with Crippen molar-refractivity contribution in [3.63, 3.8) is 0 Å². The van der Waals surface area contributed by atoms with Gasteiger partial charge in [-0.25, -0.2) is 9.97 Å². The van der Waals surface area contributed by atoms with E-state index in [1.807, 2.05) is 42.7 Å². The van der Waals surface area contributed by atoms with E-state index in [1.54, 1.807) is 0 Å². The Bertz CT molecular complexity index is 1230. The number of nitrogens with zero attached hydrogens (tertiary/aromatic N) is 3. The summed E-state index contributed by atoms with van der Waals surface area (Å²) < 4.78 is 8.31. The van der Waals surface area contributed by atoms with Crippen LogP contribution in [0, 0.1) is 0 Å². The molecule has 1 saturated carbocycles. The molecule has 2 aromatic heterocycles. The fourth-order valence-electron chi connectivity index (χ4n) is 4.07. The van der Waals surface area contributed by atoms with Crippen molar-refractivity contribution in [3.05, 3.63) is 78.4 Å². The van der Waals surface area contributed by atoms with Crippen molar-refractivity contribution < 1.29 is 14.6 Å². The molecule has 34 heavy (non-hydrogen) atoms. The van der Waals surface area contributed by atoms with Crippen molar-refractivity contribution in [3.8, 4) is 17.0 Å². The number of imidazole rings is 1. The van der Waals surface area contributed by atoms with Crippen molar-refractivity contribution in [1.29, 1.82) is 0 Å². The molecular weight excluding hydrogens is 428 g/mol. The van der Waals surface area contributed by atoms with E-state index in [1.165, 1.54) is 19.3 Å². The van der Waals surface area contributed by atoms with Gasteiger partial charge in [-0.05, 0) is 44.4 Å². The number of rotatable bonds is 7. The molecule has 0 amide bonds. The average molecular weight is 459 g/mol. The average Bonchev–Trinajstić information content (AvgIpc) is 3.18. The number of carbonyl (C=O) groups is 1. The van der Waals surface area contributed by atoms with Gasteiger partial charge in [0.05, 0.1) is 0 Å². The summed E-state index contributed by atoms with van der Waals surface area (Å²) in [5, 5.41) is 10.4. The lowest BCUT2D eigenvalue weighted by molar-refractivity contribution is -0.122. The van der Waals surface area contributed by atoms with Crippen LogP contribution in [-0.2, 0) is 11.4 Å². The second kappa shape index (κ2) is 10.8. The summed E-state index contributed by atoms with van der Waals surface area (Å²) in [6, 6.07) is 18.8. The van der Waals surface area contributed by atoms with Gasteiger partial charge in [0.25, 0.3) is 6.47 Å². The number of carboxylic acid groups (broad SMARTS) is 1. The molecule has 176 valence electrons. The number of hydrogen-bond donors (Lipinski definition) is 2. The van der Waals surface area contributed by atoms with Crippen molar-refractivity contribution in [2.45, 2.75) is 51.7 Å². The number of aromatic nitrogens is 3. The molecule has 4 aromatic rings. The molecule has 0 unspecified atom stereocenters. The summed E-state index contributed by atoms with van der Waals surface area (Å²) in [7, 11) is 0. The van der Waals surface area contributed by atoms with Crippen LogP contribution in [0.15, 0.2) is 67.0 Å². The Morgan fingerprint density at radius 2 is 1.94 bits per heavy atom. The molecule has 1 aliphatic rings. The normalized spacial score (nSPS) is 13.1. The minimum absolute atomic E-state index is 0.250. The van der Waals surface area contributed by atoms with Gasteiger partial charge in [-0.15, -0.1) is 0 Å². The second-order valence-corrected chi connectivity index (χ2v) is 8.65. The lowest BCUT2D eigenvalue weighted by atomic mass is 9.85. The number of anilines is 1. The number of benzene rings is 2. The van der Waals surface area contributed by atoms with Gasteiger partial charge in [0.1, 0.15) is 29.4 Å². The van der Waals surface area contributed by atoms with Crippen LogP contribution >= 0.6 is 0 Å². The molecule has 0 saturated heterocycles. The molecule has 0 spiro atoms. The van der Waals surface area contributed by atoms with E-state index in [2.05, 4.69) is 52.8 Å². The number of hydrogen-bond acceptors (Lipinski definition) is 5. The van der Waals surface area contributed by atoms with Gasteiger partial charge < -0.3 is 15.2 Å². The summed E-state index contributed by atoms with van der Waals surface area (Å²) >= 11 is 0. The van der Waals surface area contributed by atoms with E-state index in [0.717, 1.165) is 39.7 Å². The minimum atomic E-state index is -0.250. The first kappa shape index (κ1) is 23.3. The van der Waals surface area contributed by atoms with Crippen LogP contribution < -0.4 is 10.1 Å². The third-order valence-corrected chi connectivity index (χ3v) is 5.83. The van der Waals surface area contributed by atoms with Crippen LogP contribution in [0.25, 0.3) is 16.8 Å². The molecule has 0 atom stereocenters. The lowest BCUT2D eigenvalue weighted by Crippen LogP contribution is -2.14. The second-order valence-electron chi connectivity index (χ2n) is 8.65. The molecule has 0 bridgehead atoms. The summed E-state index contributed by atoms with van der Waals surface area (Å²) in [5.41, 5.74) is 4.20. The highest BCUT2D eigenvalue weighted by Crippen LogP contribution is 2.40. The molecule has 1 fully saturated rings. The fraction of sp³-hybridized carbons (Fsp3) is 0.296. The van der Waals surface area contributed by atoms with Crippen LogP contribution in [0.4, 0.5) is 5.82 Å². The van der Waals surface area contributed by atoms with E-state index >= 15 is 0 Å². The third kappa shape index (κ3) is 5.20. The standard InChI is InChI=1S/C26H28N4O.CH2O2/c1-18(2)28-25-24-23(29-26(20-10-6-11-20)30(24)15-14-27-25)21-12-7-13-22(16-21)31-17-19-8-4-3-5-9-19;2-1-3/h3-5,7-9,12-16,18,20H,6,10-11,17H2,1-2H3,(H,27,28);1H,(H,2,3). The molecule has 7 heteroatoms. The molecule has 5 rings (SSSR count). The Morgan fingerprint density at radius 3 is 2.62 bits per heavy atom. The van der Waals surface area contributed by atoms with Gasteiger partial charge in [-0.1, -0.05) is 48.9 Å². The first-order valence-corrected chi connectivity index (χ1v) is 11.6. The Kier molecular flexibility index (Phi) is 7.42. The molecule has 0 radical (unpaired) electrons. The number of nitrogens with one attached hydrogen (secondary N) is 1. The highest BCUT2D eigenvalue weighted by molar-refractivity contribution is 5.87. The van der Waals surface area contributed by atoms with Crippen molar-refractivity contribution >= 4 is 17.8 Å². The van der Waals surface area contributed by atoms with Gasteiger partial charge in [0.2, 0.25) is 0 Å². The smallest absolute Gasteiger partial charge is 0.290 e. The lowest BCUT2D eigenvalue weighted by Gasteiger charge is -2.24. The quantitative estimate of drug-likeness (QED) is 0.342. The van der Waals surface area contributed by atoms with Crippen molar-refractivity contribution in [2.75, 3.05) is 5.32 Å². The van der Waals surface area contributed by atoms with Gasteiger partial charge in [0.15, 0.2) is 5.82 Å². The van der Waals surface area contributed by atoms with Gasteiger partial charge in [-0.3, -0.25) is 9.20 Å². The SMILES string of the molecule is CC(C)Nc1nccn2c(C3CCC3)nc(-c3cccc(OCc4ccccc4)c3)c12.O=CO. The van der Waals surface area contributed by atoms with Crippen LogP contribution in [0.3, 0.4) is 0 Å². The fourth-order valence-corrected chi connectivity index (χ4v) is 4.07. The zero-order valence-corrected chi connectivity index (χ0v) is 19.5. The van der Waals surface area contributed by atoms with E-state index in [0.29, 0.717) is 12.5 Å². The van der Waals surface area contributed by atoms with Crippen LogP contribution in [-0.4, -0.2) is 32.0 Å². The minimum Gasteiger partial charge on any atom is -0.489 e. The Balaban J connectivity index is 0.000000868. The highest BCUT2D eigenvalue weighted by Gasteiger charge is 2.27. The summed E-state index contributed by atoms with van der Waals surface area (Å²) in [5.74, 6) is 3.38. The van der Waals surface area contributed by atoms with E-state index in [4.69, 9.17) is 19.6 Å². The molecule has 1 aliphatic carbocycles. The Hall–Kier alpha value is -3.87. The Labute approximate surface area is 199 Å². The third-order valence-electron chi connectivity index (χ3n) is 5.83. The van der Waals surface area contributed by atoms with Crippen LogP contribution in [0.1, 0.15) is 50.4 Å². The Morgan fingerprint density at radius 1 is 1.18 bits per heavy atom. The van der Waals surface area contributed by atoms with Gasteiger partial charge in [-0.2, -0.15) is 0 Å². The van der Waals surface area contributed by atoms with Crippen molar-refractivity contribution in [2.24, 2.45) is 0 Å².